The van der Waals surface area contributed by atoms with Gasteiger partial charge in [0.15, 0.2) is 0 Å². The van der Waals surface area contributed by atoms with Crippen molar-refractivity contribution in [2.45, 2.75) is 44.0 Å². The summed E-state index contributed by atoms with van der Waals surface area (Å²) in [5.74, 6) is 1.31. The first-order valence-electron chi connectivity index (χ1n) is 7.70. The second-order valence-corrected chi connectivity index (χ2v) is 7.51. The zero-order chi connectivity index (χ0) is 16.4. The average molecular weight is 335 g/mol. The Hall–Kier alpha value is -1.86. The summed E-state index contributed by atoms with van der Waals surface area (Å²) in [6.07, 6.45) is 4.27. The van der Waals surface area contributed by atoms with Crippen molar-refractivity contribution >= 4 is 10.0 Å². The minimum atomic E-state index is -3.58. The number of methoxy groups -OCH3 is 1. The number of rotatable bonds is 5. The van der Waals surface area contributed by atoms with Crippen molar-refractivity contribution in [3.63, 3.8) is 0 Å². The fraction of sp³-hybridized carbons (Fsp3) is 0.438. The lowest BCUT2D eigenvalue weighted by Crippen LogP contribution is -2.24. The van der Waals surface area contributed by atoms with E-state index in [0.29, 0.717) is 17.1 Å². The molecule has 124 valence electrons. The molecular weight excluding hydrogens is 314 g/mol. The highest BCUT2D eigenvalue weighted by Crippen LogP contribution is 2.22. The first-order chi connectivity index (χ1) is 11.0. The minimum Gasteiger partial charge on any atom is -0.497 e. The standard InChI is InChI=1S/C16H21N3O3S/c1-11-9-12(22-2)7-8-15(11)23(20,21)17-10-16-18-13-5-3-4-6-14(13)19-16/h7-9,17H,3-6,10H2,1-2H3,(H,18,19). The lowest BCUT2D eigenvalue weighted by atomic mass is 10.0. The van der Waals surface area contributed by atoms with E-state index in [4.69, 9.17) is 4.74 Å². The molecule has 3 rings (SSSR count). The molecule has 0 unspecified atom stereocenters. The van der Waals surface area contributed by atoms with E-state index < -0.39 is 10.0 Å². The topological polar surface area (TPSA) is 84.1 Å². The predicted octanol–water partition coefficient (Wildman–Crippen LogP) is 2.08. The summed E-state index contributed by atoms with van der Waals surface area (Å²) < 4.78 is 32.7. The Labute approximate surface area is 136 Å². The molecule has 1 heterocycles. The molecule has 1 aliphatic carbocycles. The molecule has 0 bridgehead atoms. The predicted molar refractivity (Wildman–Crippen MR) is 87.0 cm³/mol. The number of aryl methyl sites for hydroxylation is 3. The zero-order valence-corrected chi connectivity index (χ0v) is 14.2. The van der Waals surface area contributed by atoms with Gasteiger partial charge in [-0.1, -0.05) is 0 Å². The Morgan fingerprint density at radius 1 is 1.30 bits per heavy atom. The number of sulfonamides is 1. The van der Waals surface area contributed by atoms with Crippen LogP contribution in [0.4, 0.5) is 0 Å². The molecule has 0 atom stereocenters. The molecule has 0 aliphatic heterocycles. The number of nitrogens with one attached hydrogen (secondary N) is 2. The molecule has 0 saturated heterocycles. The third-order valence-electron chi connectivity index (χ3n) is 4.11. The highest BCUT2D eigenvalue weighted by molar-refractivity contribution is 7.89. The smallest absolute Gasteiger partial charge is 0.241 e. The molecule has 2 N–H and O–H groups in total. The van der Waals surface area contributed by atoms with Crippen LogP contribution in [0.3, 0.4) is 0 Å². The summed E-state index contributed by atoms with van der Waals surface area (Å²) in [5, 5.41) is 0. The number of ether oxygens (including phenoxy) is 1. The molecule has 1 aromatic heterocycles. The second kappa shape index (κ2) is 6.33. The van der Waals surface area contributed by atoms with Gasteiger partial charge in [0.25, 0.3) is 0 Å². The second-order valence-electron chi connectivity index (χ2n) is 5.77. The molecule has 6 nitrogen and oxygen atoms in total. The van der Waals surface area contributed by atoms with Gasteiger partial charge in [0.2, 0.25) is 10.0 Å². The van der Waals surface area contributed by atoms with Crippen molar-refractivity contribution in [2.75, 3.05) is 7.11 Å². The summed E-state index contributed by atoms with van der Waals surface area (Å²) in [7, 11) is -2.03. The number of aromatic nitrogens is 2. The van der Waals surface area contributed by atoms with Crippen LogP contribution >= 0.6 is 0 Å². The molecule has 0 spiro atoms. The van der Waals surface area contributed by atoms with E-state index in [1.54, 1.807) is 32.2 Å². The Balaban J connectivity index is 1.75. The minimum absolute atomic E-state index is 0.167. The van der Waals surface area contributed by atoms with Gasteiger partial charge in [-0.3, -0.25) is 0 Å². The van der Waals surface area contributed by atoms with E-state index in [9.17, 15) is 8.42 Å². The molecule has 1 aromatic carbocycles. The van der Waals surface area contributed by atoms with Gasteiger partial charge in [-0.2, -0.15) is 0 Å². The largest absolute Gasteiger partial charge is 0.497 e. The highest BCUT2D eigenvalue weighted by atomic mass is 32.2. The van der Waals surface area contributed by atoms with Crippen molar-refractivity contribution in [1.29, 1.82) is 0 Å². The van der Waals surface area contributed by atoms with Gasteiger partial charge in [0, 0.05) is 5.69 Å². The number of nitrogens with zero attached hydrogens (tertiary/aromatic N) is 1. The van der Waals surface area contributed by atoms with Gasteiger partial charge >= 0.3 is 0 Å². The number of benzene rings is 1. The third-order valence-corrected chi connectivity index (χ3v) is 5.67. The van der Waals surface area contributed by atoms with Crippen molar-refractivity contribution in [2.24, 2.45) is 0 Å². The summed E-state index contributed by atoms with van der Waals surface area (Å²) in [6.45, 7) is 1.92. The van der Waals surface area contributed by atoms with Crippen LogP contribution < -0.4 is 9.46 Å². The molecule has 0 radical (unpaired) electrons. The van der Waals surface area contributed by atoms with Crippen LogP contribution in [0, 0.1) is 6.92 Å². The Morgan fingerprint density at radius 3 is 2.78 bits per heavy atom. The first kappa shape index (κ1) is 16.0. The summed E-state index contributed by atoms with van der Waals surface area (Å²) in [4.78, 5) is 7.99. The van der Waals surface area contributed by atoms with Crippen molar-refractivity contribution < 1.29 is 13.2 Å². The molecule has 2 aromatic rings. The number of hydrogen-bond donors (Lipinski definition) is 2. The van der Waals surface area contributed by atoms with Gasteiger partial charge < -0.3 is 9.72 Å². The fourth-order valence-electron chi connectivity index (χ4n) is 2.89. The van der Waals surface area contributed by atoms with E-state index in [1.807, 2.05) is 0 Å². The average Bonchev–Trinajstić information content (AvgIpc) is 2.95. The number of imidazole rings is 1. The van der Waals surface area contributed by atoms with E-state index in [1.165, 1.54) is 0 Å². The monoisotopic (exact) mass is 335 g/mol. The summed E-state index contributed by atoms with van der Waals surface area (Å²) >= 11 is 0. The van der Waals surface area contributed by atoms with E-state index >= 15 is 0 Å². The van der Waals surface area contributed by atoms with Crippen LogP contribution in [-0.4, -0.2) is 25.5 Å². The van der Waals surface area contributed by atoms with Crippen molar-refractivity contribution in [3.8, 4) is 5.75 Å². The lowest BCUT2D eigenvalue weighted by Gasteiger charge is -2.09. The Morgan fingerprint density at radius 2 is 2.09 bits per heavy atom. The Bertz CT molecular complexity index is 788. The third kappa shape index (κ3) is 3.40. The normalized spacial score (nSPS) is 14.5. The SMILES string of the molecule is COc1ccc(S(=O)(=O)NCc2nc3c([nH]2)CCCC3)c(C)c1. The van der Waals surface area contributed by atoms with Crippen molar-refractivity contribution in [3.05, 3.63) is 41.0 Å². The number of hydrogen-bond acceptors (Lipinski definition) is 4. The Kier molecular flexibility index (Phi) is 4.41. The molecule has 0 fully saturated rings. The number of H-pyrrole nitrogens is 1. The van der Waals surface area contributed by atoms with Crippen LogP contribution in [0.5, 0.6) is 5.75 Å². The highest BCUT2D eigenvalue weighted by Gasteiger charge is 2.19. The summed E-state index contributed by atoms with van der Waals surface area (Å²) in [6, 6.07) is 4.91. The van der Waals surface area contributed by atoms with Crippen LogP contribution in [0.15, 0.2) is 23.1 Å². The van der Waals surface area contributed by atoms with Gasteiger partial charge in [0.05, 0.1) is 24.2 Å². The molecule has 23 heavy (non-hydrogen) atoms. The van der Waals surface area contributed by atoms with E-state index in [-0.39, 0.29) is 11.4 Å². The van der Waals surface area contributed by atoms with Gasteiger partial charge in [0.1, 0.15) is 11.6 Å². The number of fused-ring (bicyclic) bond motifs is 1. The van der Waals surface area contributed by atoms with Crippen LogP contribution in [0.2, 0.25) is 0 Å². The van der Waals surface area contributed by atoms with Crippen LogP contribution in [-0.2, 0) is 29.4 Å². The molecule has 0 amide bonds. The van der Waals surface area contributed by atoms with Gasteiger partial charge in [-0.25, -0.2) is 18.1 Å². The van der Waals surface area contributed by atoms with Gasteiger partial charge in [-0.05, 0) is 56.4 Å². The fourth-order valence-corrected chi connectivity index (χ4v) is 4.10. The van der Waals surface area contributed by atoms with E-state index in [0.717, 1.165) is 37.1 Å². The molecule has 0 saturated carbocycles. The quantitative estimate of drug-likeness (QED) is 0.876. The maximum absolute atomic E-state index is 12.5. The zero-order valence-electron chi connectivity index (χ0n) is 13.3. The van der Waals surface area contributed by atoms with E-state index in [2.05, 4.69) is 14.7 Å². The maximum Gasteiger partial charge on any atom is 0.241 e. The van der Waals surface area contributed by atoms with Crippen LogP contribution in [0.25, 0.3) is 0 Å². The molecule has 7 heteroatoms. The molecule has 1 aliphatic rings. The number of aromatic amines is 1. The molecular formula is C16H21N3O3S. The summed E-state index contributed by atoms with van der Waals surface area (Å²) in [5.41, 5.74) is 2.87. The first-order valence-corrected chi connectivity index (χ1v) is 9.19. The van der Waals surface area contributed by atoms with Crippen molar-refractivity contribution in [1.82, 2.24) is 14.7 Å². The lowest BCUT2D eigenvalue weighted by molar-refractivity contribution is 0.414. The maximum atomic E-state index is 12.5. The van der Waals surface area contributed by atoms with Gasteiger partial charge in [-0.15, -0.1) is 0 Å². The van der Waals surface area contributed by atoms with Crippen LogP contribution in [0.1, 0.15) is 35.6 Å².